The number of hydrogen-bond donors (Lipinski definition) is 1. The minimum Gasteiger partial charge on any atom is -0.481 e. The molecule has 1 rings (SSSR count). The number of allylic oxidation sites excluding steroid dienone is 6. The van der Waals surface area contributed by atoms with Crippen LogP contribution in [0, 0.1) is 23.7 Å². The third kappa shape index (κ3) is 17.3. The molecule has 4 atom stereocenters. The predicted octanol–water partition coefficient (Wildman–Crippen LogP) is 11.9. The van der Waals surface area contributed by atoms with E-state index in [-0.39, 0.29) is 0 Å². The zero-order chi connectivity index (χ0) is 27.7. The normalized spacial score (nSPS) is 21.7. The lowest BCUT2D eigenvalue weighted by molar-refractivity contribution is -0.137. The highest BCUT2D eigenvalue weighted by Crippen LogP contribution is 2.43. The van der Waals surface area contributed by atoms with Gasteiger partial charge in [0.1, 0.15) is 0 Å². The maximum atomic E-state index is 10.8. The number of unbranched alkanes of at least 4 members (excludes halogenated alkanes) is 13. The fourth-order valence-electron chi connectivity index (χ4n) is 6.29. The van der Waals surface area contributed by atoms with E-state index < -0.39 is 5.97 Å². The van der Waals surface area contributed by atoms with Crippen molar-refractivity contribution in [2.24, 2.45) is 23.7 Å². The van der Waals surface area contributed by atoms with Crippen LogP contribution in [0.2, 0.25) is 0 Å². The Hall–Kier alpha value is -1.31. The monoisotopic (exact) mass is 528 g/mol. The van der Waals surface area contributed by atoms with Crippen molar-refractivity contribution in [1.29, 1.82) is 0 Å². The molecule has 0 saturated heterocycles. The van der Waals surface area contributed by atoms with Crippen molar-refractivity contribution in [3.63, 3.8) is 0 Å². The van der Waals surface area contributed by atoms with Gasteiger partial charge in [-0.05, 0) is 81.5 Å². The number of hydrogen-bond acceptors (Lipinski definition) is 1. The minimum absolute atomic E-state index is 0.300. The Morgan fingerprint density at radius 2 is 1.00 bits per heavy atom. The van der Waals surface area contributed by atoms with Crippen molar-refractivity contribution >= 4 is 5.97 Å². The summed E-state index contributed by atoms with van der Waals surface area (Å²) in [6, 6.07) is 0. The van der Waals surface area contributed by atoms with Crippen LogP contribution in [0.5, 0.6) is 0 Å². The van der Waals surface area contributed by atoms with Crippen LogP contribution in [0.1, 0.15) is 162 Å². The molecule has 0 aromatic rings. The molecule has 38 heavy (non-hydrogen) atoms. The second kappa shape index (κ2) is 24.7. The van der Waals surface area contributed by atoms with Crippen molar-refractivity contribution in [2.75, 3.05) is 0 Å². The summed E-state index contributed by atoms with van der Waals surface area (Å²) in [6.45, 7) is 6.90. The maximum absolute atomic E-state index is 10.8. The zero-order valence-electron chi connectivity index (χ0n) is 25.7. The molecular weight excluding hydrogens is 464 g/mol. The van der Waals surface area contributed by atoms with Crippen LogP contribution in [0.4, 0.5) is 0 Å². The molecule has 0 amide bonds. The van der Waals surface area contributed by atoms with Crippen molar-refractivity contribution in [1.82, 2.24) is 0 Å². The quantitative estimate of drug-likeness (QED) is 0.0944. The smallest absolute Gasteiger partial charge is 0.303 e. The molecule has 0 aromatic carbocycles. The van der Waals surface area contributed by atoms with Gasteiger partial charge in [0, 0.05) is 6.42 Å². The van der Waals surface area contributed by atoms with Crippen LogP contribution in [0.3, 0.4) is 0 Å². The third-order valence-electron chi connectivity index (χ3n) is 8.67. The summed E-state index contributed by atoms with van der Waals surface area (Å²) < 4.78 is 0. The molecule has 2 nitrogen and oxygen atoms in total. The first-order valence-electron chi connectivity index (χ1n) is 16.8. The second-order valence-electron chi connectivity index (χ2n) is 12.0. The van der Waals surface area contributed by atoms with Gasteiger partial charge in [0.15, 0.2) is 0 Å². The van der Waals surface area contributed by atoms with E-state index in [2.05, 4.69) is 57.2 Å². The Bertz CT molecular complexity index is 631. The van der Waals surface area contributed by atoms with E-state index in [1.165, 1.54) is 116 Å². The maximum Gasteiger partial charge on any atom is 0.303 e. The predicted molar refractivity (Wildman–Crippen MR) is 168 cm³/mol. The van der Waals surface area contributed by atoms with Gasteiger partial charge >= 0.3 is 5.97 Å². The molecular formula is C36H64O2. The van der Waals surface area contributed by atoms with Gasteiger partial charge in [-0.15, -0.1) is 0 Å². The van der Waals surface area contributed by atoms with Crippen molar-refractivity contribution < 1.29 is 9.90 Å². The van der Waals surface area contributed by atoms with E-state index in [9.17, 15) is 4.79 Å². The van der Waals surface area contributed by atoms with Gasteiger partial charge in [0.25, 0.3) is 0 Å². The summed E-state index contributed by atoms with van der Waals surface area (Å²) in [6.07, 6.45) is 42.2. The highest BCUT2D eigenvalue weighted by molar-refractivity contribution is 5.66. The molecule has 0 aromatic heterocycles. The molecule has 0 bridgehead atoms. The summed E-state index contributed by atoms with van der Waals surface area (Å²) in [7, 11) is 0. The summed E-state index contributed by atoms with van der Waals surface area (Å²) in [5.41, 5.74) is 0. The summed E-state index contributed by atoms with van der Waals surface area (Å²) in [5.74, 6) is 2.26. The molecule has 220 valence electrons. The molecule has 0 heterocycles. The van der Waals surface area contributed by atoms with Crippen LogP contribution in [0.15, 0.2) is 36.5 Å². The molecule has 0 aliphatic heterocycles. The largest absolute Gasteiger partial charge is 0.481 e. The van der Waals surface area contributed by atoms with Gasteiger partial charge in [-0.2, -0.15) is 0 Å². The summed E-state index contributed by atoms with van der Waals surface area (Å²) in [5, 5.41) is 8.89. The van der Waals surface area contributed by atoms with Crippen LogP contribution >= 0.6 is 0 Å². The molecule has 1 N–H and O–H groups in total. The average molecular weight is 529 g/mol. The van der Waals surface area contributed by atoms with Gasteiger partial charge < -0.3 is 5.11 Å². The Morgan fingerprint density at radius 3 is 1.50 bits per heavy atom. The van der Waals surface area contributed by atoms with E-state index in [0.29, 0.717) is 12.3 Å². The molecule has 2 heteroatoms. The minimum atomic E-state index is -0.670. The second-order valence-corrected chi connectivity index (χ2v) is 12.0. The molecule has 4 unspecified atom stereocenters. The first kappa shape index (κ1) is 34.7. The Morgan fingerprint density at radius 1 is 0.579 bits per heavy atom. The van der Waals surface area contributed by atoms with Crippen LogP contribution in [-0.2, 0) is 4.79 Å². The molecule has 0 spiro atoms. The number of carboxylic acids is 1. The van der Waals surface area contributed by atoms with Gasteiger partial charge in [0.2, 0.25) is 0 Å². The summed E-state index contributed by atoms with van der Waals surface area (Å²) in [4.78, 5) is 10.8. The van der Waals surface area contributed by atoms with Gasteiger partial charge in [0.05, 0.1) is 0 Å². The number of carbonyl (C=O) groups is 1. The van der Waals surface area contributed by atoms with E-state index in [1.807, 2.05) is 0 Å². The SMILES string of the molecule is CCCCCC=CCC1C(CCCCCC)C=CC(CCCCCCCC)C1CC=CCCCCC(=O)O. The van der Waals surface area contributed by atoms with Crippen molar-refractivity contribution in [2.45, 2.75) is 162 Å². The highest BCUT2D eigenvalue weighted by Gasteiger charge is 2.34. The van der Waals surface area contributed by atoms with E-state index >= 15 is 0 Å². The number of rotatable bonds is 25. The van der Waals surface area contributed by atoms with Gasteiger partial charge in [-0.25, -0.2) is 0 Å². The fraction of sp³-hybridized carbons (Fsp3) is 0.806. The van der Waals surface area contributed by atoms with E-state index in [1.54, 1.807) is 0 Å². The Kier molecular flexibility index (Phi) is 22.6. The van der Waals surface area contributed by atoms with E-state index in [4.69, 9.17) is 5.11 Å². The third-order valence-corrected chi connectivity index (χ3v) is 8.67. The number of aliphatic carboxylic acids is 1. The van der Waals surface area contributed by atoms with Crippen molar-refractivity contribution in [3.05, 3.63) is 36.5 Å². The lowest BCUT2D eigenvalue weighted by Crippen LogP contribution is -2.31. The van der Waals surface area contributed by atoms with Crippen molar-refractivity contribution in [3.8, 4) is 0 Å². The lowest BCUT2D eigenvalue weighted by Gasteiger charge is -2.40. The Balaban J connectivity index is 2.86. The van der Waals surface area contributed by atoms with Gasteiger partial charge in [-0.1, -0.05) is 134 Å². The molecule has 1 aliphatic rings. The first-order valence-corrected chi connectivity index (χ1v) is 16.8. The van der Waals surface area contributed by atoms with Gasteiger partial charge in [-0.3, -0.25) is 4.79 Å². The standard InChI is InChI=1S/C36H64O2/c1-4-7-10-13-16-21-26-33-31-30-32(25-20-12-9-6-3)34(27-22-17-14-11-8-5-2)35(33)28-23-18-15-19-24-29-36(37)38/h17-18,22-23,30-35H,4-16,19-21,24-29H2,1-3H3,(H,37,38). The fourth-order valence-corrected chi connectivity index (χ4v) is 6.29. The molecule has 1 aliphatic carbocycles. The number of carboxylic acid groups (broad SMARTS) is 1. The van der Waals surface area contributed by atoms with Crippen LogP contribution in [-0.4, -0.2) is 11.1 Å². The van der Waals surface area contributed by atoms with E-state index in [0.717, 1.165) is 37.0 Å². The zero-order valence-corrected chi connectivity index (χ0v) is 25.7. The molecule has 0 fully saturated rings. The molecule has 0 saturated carbocycles. The highest BCUT2D eigenvalue weighted by atomic mass is 16.4. The lowest BCUT2D eigenvalue weighted by atomic mass is 9.65. The first-order chi connectivity index (χ1) is 18.6. The average Bonchev–Trinajstić information content (AvgIpc) is 2.91. The summed E-state index contributed by atoms with van der Waals surface area (Å²) >= 11 is 0. The molecule has 0 radical (unpaired) electrons. The topological polar surface area (TPSA) is 37.3 Å². The van der Waals surface area contributed by atoms with Crippen LogP contribution < -0.4 is 0 Å². The van der Waals surface area contributed by atoms with Crippen LogP contribution in [0.25, 0.3) is 0 Å². The Labute approximate surface area is 237 Å².